The van der Waals surface area contributed by atoms with E-state index in [0.717, 1.165) is 32.4 Å². The molecule has 0 spiro atoms. The third-order valence-corrected chi connectivity index (χ3v) is 3.77. The summed E-state index contributed by atoms with van der Waals surface area (Å²) >= 11 is 0. The molecule has 1 saturated heterocycles. The molecule has 1 unspecified atom stereocenters. The Kier molecular flexibility index (Phi) is 4.57. The third kappa shape index (κ3) is 3.54. The minimum absolute atomic E-state index is 0.206. The molecular formula is C13H23N3O. The van der Waals surface area contributed by atoms with Crippen LogP contribution in [0.5, 0.6) is 0 Å². The minimum atomic E-state index is -0.206. The highest BCUT2D eigenvalue weighted by Crippen LogP contribution is 2.22. The summed E-state index contributed by atoms with van der Waals surface area (Å²) in [6, 6.07) is 0.927. The second-order valence-corrected chi connectivity index (χ2v) is 5.05. The number of carbonyl (C=O) groups excluding carboxylic acids is 1. The normalized spacial score (nSPS) is 26.3. The molecule has 3 N–H and O–H groups in total. The van der Waals surface area contributed by atoms with Crippen molar-refractivity contribution in [2.24, 2.45) is 5.73 Å². The summed E-state index contributed by atoms with van der Waals surface area (Å²) < 4.78 is 0. The van der Waals surface area contributed by atoms with Crippen LogP contribution < -0.4 is 11.1 Å². The Bertz CT molecular complexity index is 284. The van der Waals surface area contributed by atoms with Crippen molar-refractivity contribution in [1.29, 1.82) is 0 Å². The molecule has 1 amide bonds. The lowest BCUT2D eigenvalue weighted by atomic mass is 9.96. The van der Waals surface area contributed by atoms with Gasteiger partial charge in [-0.25, -0.2) is 0 Å². The molecule has 1 fully saturated rings. The average Bonchev–Trinajstić information content (AvgIpc) is 2.38. The van der Waals surface area contributed by atoms with E-state index in [0.29, 0.717) is 18.6 Å². The number of hydrogen-bond donors (Lipinski definition) is 2. The van der Waals surface area contributed by atoms with E-state index in [1.54, 1.807) is 0 Å². The quantitative estimate of drug-likeness (QED) is 0.705. The maximum atomic E-state index is 11.2. The van der Waals surface area contributed by atoms with Gasteiger partial charge in [0.25, 0.3) is 0 Å². The Morgan fingerprint density at radius 1 is 1.35 bits per heavy atom. The zero-order valence-corrected chi connectivity index (χ0v) is 10.4. The van der Waals surface area contributed by atoms with E-state index in [4.69, 9.17) is 5.73 Å². The summed E-state index contributed by atoms with van der Waals surface area (Å²) in [5, 5.41) is 3.36. The lowest BCUT2D eigenvalue weighted by molar-refractivity contribution is -0.120. The number of piperidine rings is 1. The average molecular weight is 237 g/mol. The molecule has 96 valence electrons. The fraction of sp³-hybridized carbons (Fsp3) is 0.769. The Morgan fingerprint density at radius 3 is 2.71 bits per heavy atom. The van der Waals surface area contributed by atoms with E-state index in [9.17, 15) is 4.79 Å². The summed E-state index contributed by atoms with van der Waals surface area (Å²) in [5.41, 5.74) is 5.39. The van der Waals surface area contributed by atoms with Crippen LogP contribution in [0.4, 0.5) is 0 Å². The molecule has 1 aliphatic carbocycles. The van der Waals surface area contributed by atoms with E-state index in [-0.39, 0.29) is 5.91 Å². The summed E-state index contributed by atoms with van der Waals surface area (Å²) in [4.78, 5) is 13.6. The molecular weight excluding hydrogens is 214 g/mol. The Balaban J connectivity index is 2.02. The van der Waals surface area contributed by atoms with Crippen molar-refractivity contribution < 1.29 is 4.79 Å². The second-order valence-electron chi connectivity index (χ2n) is 5.05. The molecule has 0 aromatic heterocycles. The van der Waals surface area contributed by atoms with Crippen molar-refractivity contribution in [2.75, 3.05) is 19.6 Å². The van der Waals surface area contributed by atoms with Gasteiger partial charge in [0.15, 0.2) is 0 Å². The van der Waals surface area contributed by atoms with E-state index in [2.05, 4.69) is 22.4 Å². The Labute approximate surface area is 103 Å². The van der Waals surface area contributed by atoms with Crippen molar-refractivity contribution in [3.63, 3.8) is 0 Å². The largest absolute Gasteiger partial charge is 0.369 e. The molecule has 0 aromatic rings. The molecule has 0 saturated carbocycles. The predicted molar refractivity (Wildman–Crippen MR) is 68.6 cm³/mol. The van der Waals surface area contributed by atoms with Gasteiger partial charge in [-0.05, 0) is 45.2 Å². The number of nitrogens with zero attached hydrogens (tertiary/aromatic N) is 1. The first kappa shape index (κ1) is 12.6. The Morgan fingerprint density at radius 2 is 2.12 bits per heavy atom. The van der Waals surface area contributed by atoms with Gasteiger partial charge in [0.05, 0.1) is 6.54 Å². The lowest BCUT2D eigenvalue weighted by Gasteiger charge is -2.39. The summed E-state index contributed by atoms with van der Waals surface area (Å²) in [6.07, 6.45) is 10.3. The molecule has 17 heavy (non-hydrogen) atoms. The number of carbonyl (C=O) groups is 1. The van der Waals surface area contributed by atoms with Gasteiger partial charge in [-0.3, -0.25) is 9.69 Å². The number of nitrogens with two attached hydrogens (primary N) is 1. The minimum Gasteiger partial charge on any atom is -0.369 e. The van der Waals surface area contributed by atoms with Gasteiger partial charge >= 0.3 is 0 Å². The van der Waals surface area contributed by atoms with Crippen molar-refractivity contribution >= 4 is 5.91 Å². The second kappa shape index (κ2) is 6.17. The molecule has 2 rings (SSSR count). The van der Waals surface area contributed by atoms with Crippen LogP contribution in [0.15, 0.2) is 12.2 Å². The Hall–Kier alpha value is -0.870. The fourth-order valence-corrected chi connectivity index (χ4v) is 2.91. The monoisotopic (exact) mass is 237 g/mol. The standard InChI is InChI=1S/C13H23N3O/c14-13(17)10-16(11-4-2-1-3-5-11)12-6-8-15-9-7-12/h2,4,11-12,15H,1,3,5-10H2,(H2,14,17). The van der Waals surface area contributed by atoms with Gasteiger partial charge in [0.1, 0.15) is 0 Å². The first-order valence-electron chi connectivity index (χ1n) is 6.69. The zero-order chi connectivity index (χ0) is 12.1. The SMILES string of the molecule is NC(=O)CN(C1C=CCCC1)C1CCNCC1. The van der Waals surface area contributed by atoms with Crippen LogP contribution in [0.1, 0.15) is 32.1 Å². The maximum Gasteiger partial charge on any atom is 0.231 e. The van der Waals surface area contributed by atoms with Crippen molar-refractivity contribution in [3.8, 4) is 0 Å². The van der Waals surface area contributed by atoms with Gasteiger partial charge in [0.2, 0.25) is 5.91 Å². The molecule has 1 heterocycles. The molecule has 0 bridgehead atoms. The number of hydrogen-bond acceptors (Lipinski definition) is 3. The molecule has 0 radical (unpaired) electrons. The molecule has 0 aromatic carbocycles. The number of allylic oxidation sites excluding steroid dienone is 1. The molecule has 4 nitrogen and oxygen atoms in total. The van der Waals surface area contributed by atoms with Crippen LogP contribution in [0.2, 0.25) is 0 Å². The third-order valence-electron chi connectivity index (χ3n) is 3.77. The summed E-state index contributed by atoms with van der Waals surface area (Å²) in [7, 11) is 0. The van der Waals surface area contributed by atoms with Gasteiger partial charge in [0, 0.05) is 12.1 Å². The number of nitrogens with one attached hydrogen (secondary N) is 1. The molecule has 4 heteroatoms. The van der Waals surface area contributed by atoms with E-state index in [1.807, 2.05) is 0 Å². The number of primary amides is 1. The van der Waals surface area contributed by atoms with Crippen LogP contribution in [0, 0.1) is 0 Å². The van der Waals surface area contributed by atoms with Crippen LogP contribution in [0.3, 0.4) is 0 Å². The summed E-state index contributed by atoms with van der Waals surface area (Å²) in [5.74, 6) is -0.206. The van der Waals surface area contributed by atoms with Crippen LogP contribution in [0.25, 0.3) is 0 Å². The van der Waals surface area contributed by atoms with Gasteiger partial charge in [-0.1, -0.05) is 12.2 Å². The van der Waals surface area contributed by atoms with Gasteiger partial charge in [-0.15, -0.1) is 0 Å². The molecule has 1 aliphatic heterocycles. The summed E-state index contributed by atoms with van der Waals surface area (Å²) in [6.45, 7) is 2.51. The molecule has 2 aliphatic rings. The first-order valence-corrected chi connectivity index (χ1v) is 6.69. The predicted octanol–water partition coefficient (Wildman–Crippen LogP) is 0.634. The van der Waals surface area contributed by atoms with Gasteiger partial charge < -0.3 is 11.1 Å². The van der Waals surface area contributed by atoms with E-state index in [1.165, 1.54) is 12.8 Å². The van der Waals surface area contributed by atoms with Crippen LogP contribution in [-0.4, -0.2) is 42.5 Å². The number of rotatable bonds is 4. The highest BCUT2D eigenvalue weighted by Gasteiger charge is 2.27. The van der Waals surface area contributed by atoms with Crippen molar-refractivity contribution in [2.45, 2.75) is 44.2 Å². The highest BCUT2D eigenvalue weighted by molar-refractivity contribution is 5.76. The van der Waals surface area contributed by atoms with E-state index < -0.39 is 0 Å². The molecule has 1 atom stereocenters. The first-order chi connectivity index (χ1) is 8.27. The highest BCUT2D eigenvalue weighted by atomic mass is 16.1. The smallest absolute Gasteiger partial charge is 0.231 e. The maximum absolute atomic E-state index is 11.2. The van der Waals surface area contributed by atoms with Gasteiger partial charge in [-0.2, -0.15) is 0 Å². The fourth-order valence-electron chi connectivity index (χ4n) is 2.91. The zero-order valence-electron chi connectivity index (χ0n) is 10.4. The lowest BCUT2D eigenvalue weighted by Crippen LogP contribution is -2.50. The topological polar surface area (TPSA) is 58.4 Å². The van der Waals surface area contributed by atoms with E-state index >= 15 is 0 Å². The van der Waals surface area contributed by atoms with Crippen molar-refractivity contribution in [3.05, 3.63) is 12.2 Å². The number of amides is 1. The van der Waals surface area contributed by atoms with Crippen LogP contribution in [-0.2, 0) is 4.79 Å². The van der Waals surface area contributed by atoms with Crippen molar-refractivity contribution in [1.82, 2.24) is 10.2 Å². The van der Waals surface area contributed by atoms with Crippen LogP contribution >= 0.6 is 0 Å².